The maximum absolute atomic E-state index is 12.4. The summed E-state index contributed by atoms with van der Waals surface area (Å²) in [6.45, 7) is 1.75. The van der Waals surface area contributed by atoms with Crippen molar-refractivity contribution in [2.45, 2.75) is 12.8 Å². The number of hydrogen-bond acceptors (Lipinski definition) is 2. The maximum Gasteiger partial charge on any atom is 0.257 e. The number of carbonyl (C=O) groups is 1. The van der Waals surface area contributed by atoms with Crippen LogP contribution in [0.1, 0.15) is 23.2 Å². The Bertz CT molecular complexity index is 567. The number of hydrogen-bond donors (Lipinski definition) is 0. The van der Waals surface area contributed by atoms with Crippen LogP contribution in [0.3, 0.4) is 0 Å². The molecule has 0 N–H and O–H groups in total. The van der Waals surface area contributed by atoms with Gasteiger partial charge in [-0.1, -0.05) is 0 Å². The van der Waals surface area contributed by atoms with Crippen LogP contribution in [0.25, 0.3) is 10.9 Å². The molecule has 1 saturated heterocycles. The Morgan fingerprint density at radius 2 is 2.06 bits per heavy atom. The Labute approximate surface area is 99.9 Å². The predicted molar refractivity (Wildman–Crippen MR) is 65.9 cm³/mol. The van der Waals surface area contributed by atoms with E-state index in [9.17, 15) is 4.79 Å². The molecule has 1 amide bonds. The number of aromatic nitrogens is 2. The Balaban J connectivity index is 2.09. The van der Waals surface area contributed by atoms with E-state index in [1.807, 2.05) is 28.8 Å². The molecule has 0 saturated carbocycles. The van der Waals surface area contributed by atoms with Crippen LogP contribution in [-0.4, -0.2) is 33.4 Å². The molecule has 0 aliphatic carbocycles. The summed E-state index contributed by atoms with van der Waals surface area (Å²) >= 11 is 0. The lowest BCUT2D eigenvalue weighted by Gasteiger charge is -2.16. The Kier molecular flexibility index (Phi) is 2.35. The van der Waals surface area contributed by atoms with E-state index in [2.05, 4.69) is 4.98 Å². The summed E-state index contributed by atoms with van der Waals surface area (Å²) in [5, 5.41) is 1.03. The van der Waals surface area contributed by atoms with Crippen molar-refractivity contribution < 1.29 is 4.79 Å². The second-order valence-corrected chi connectivity index (χ2v) is 4.55. The lowest BCUT2D eigenvalue weighted by Crippen LogP contribution is -2.28. The topological polar surface area (TPSA) is 38.1 Å². The normalized spacial score (nSPS) is 15.7. The van der Waals surface area contributed by atoms with Crippen molar-refractivity contribution in [2.24, 2.45) is 7.05 Å². The van der Waals surface area contributed by atoms with Crippen molar-refractivity contribution in [1.29, 1.82) is 0 Å². The first-order valence-corrected chi connectivity index (χ1v) is 5.95. The number of nitrogens with zero attached hydrogens (tertiary/aromatic N) is 3. The minimum atomic E-state index is 0.113. The van der Waals surface area contributed by atoms with Gasteiger partial charge in [0, 0.05) is 44.1 Å². The average Bonchev–Trinajstić information content (AvgIpc) is 2.98. The van der Waals surface area contributed by atoms with E-state index in [1.54, 1.807) is 12.4 Å². The van der Waals surface area contributed by atoms with Gasteiger partial charge in [0.15, 0.2) is 0 Å². The van der Waals surface area contributed by atoms with Gasteiger partial charge in [0.25, 0.3) is 5.91 Å². The van der Waals surface area contributed by atoms with Gasteiger partial charge in [0.2, 0.25) is 0 Å². The summed E-state index contributed by atoms with van der Waals surface area (Å²) < 4.78 is 1.99. The van der Waals surface area contributed by atoms with Crippen LogP contribution >= 0.6 is 0 Å². The van der Waals surface area contributed by atoms with E-state index in [0.717, 1.165) is 42.4 Å². The van der Waals surface area contributed by atoms with E-state index in [4.69, 9.17) is 0 Å². The number of likely N-dealkylation sites (tertiary alicyclic amines) is 1. The molecule has 4 heteroatoms. The molecule has 3 heterocycles. The van der Waals surface area contributed by atoms with Crippen molar-refractivity contribution in [3.8, 4) is 0 Å². The minimum absolute atomic E-state index is 0.113. The van der Waals surface area contributed by atoms with E-state index < -0.39 is 0 Å². The molecule has 1 aliphatic rings. The minimum Gasteiger partial charge on any atom is -0.350 e. The highest BCUT2D eigenvalue weighted by Crippen LogP contribution is 2.21. The molecule has 1 fully saturated rings. The zero-order valence-electron chi connectivity index (χ0n) is 9.89. The lowest BCUT2D eigenvalue weighted by molar-refractivity contribution is 0.0794. The fraction of sp³-hybridized carbons (Fsp3) is 0.385. The summed E-state index contributed by atoms with van der Waals surface area (Å²) in [5.41, 5.74) is 1.70. The summed E-state index contributed by atoms with van der Waals surface area (Å²) in [6, 6.07) is 1.99. The van der Waals surface area contributed by atoms with Gasteiger partial charge in [-0.2, -0.15) is 0 Å². The number of fused-ring (bicyclic) bond motifs is 1. The molecule has 0 aromatic carbocycles. The first-order valence-electron chi connectivity index (χ1n) is 5.95. The Morgan fingerprint density at radius 3 is 2.82 bits per heavy atom. The summed E-state index contributed by atoms with van der Waals surface area (Å²) in [5.74, 6) is 0.113. The molecule has 88 valence electrons. The zero-order valence-corrected chi connectivity index (χ0v) is 9.89. The standard InChI is InChI=1S/C13H15N3O/c1-15-7-4-10-8-14-9-11(12(10)15)13(17)16-5-2-3-6-16/h4,7-9H,2-3,5-6H2,1H3. The summed E-state index contributed by atoms with van der Waals surface area (Å²) in [7, 11) is 1.96. The fourth-order valence-electron chi connectivity index (χ4n) is 2.50. The van der Waals surface area contributed by atoms with Crippen LogP contribution in [0, 0.1) is 0 Å². The van der Waals surface area contributed by atoms with Crippen molar-refractivity contribution in [2.75, 3.05) is 13.1 Å². The van der Waals surface area contributed by atoms with Crippen LogP contribution in [0.5, 0.6) is 0 Å². The van der Waals surface area contributed by atoms with E-state index in [-0.39, 0.29) is 5.91 Å². The van der Waals surface area contributed by atoms with Crippen molar-refractivity contribution in [3.63, 3.8) is 0 Å². The van der Waals surface area contributed by atoms with Gasteiger partial charge in [-0.25, -0.2) is 0 Å². The van der Waals surface area contributed by atoms with E-state index in [0.29, 0.717) is 0 Å². The third kappa shape index (κ3) is 1.60. The van der Waals surface area contributed by atoms with E-state index in [1.165, 1.54) is 0 Å². The largest absolute Gasteiger partial charge is 0.350 e. The second kappa shape index (κ2) is 3.87. The molecule has 0 unspecified atom stereocenters. The third-order valence-electron chi connectivity index (χ3n) is 3.40. The van der Waals surface area contributed by atoms with Gasteiger partial charge < -0.3 is 9.47 Å². The Hall–Kier alpha value is -1.84. The number of amides is 1. The van der Waals surface area contributed by atoms with Crippen LogP contribution < -0.4 is 0 Å². The van der Waals surface area contributed by atoms with Crippen LogP contribution in [0.15, 0.2) is 24.7 Å². The molecule has 2 aromatic heterocycles. The Morgan fingerprint density at radius 1 is 1.29 bits per heavy atom. The van der Waals surface area contributed by atoms with Gasteiger partial charge >= 0.3 is 0 Å². The SMILES string of the molecule is Cn1ccc2cncc(C(=O)N3CCCC3)c21. The molecule has 0 radical (unpaired) electrons. The van der Waals surface area contributed by atoms with Gasteiger partial charge in [-0.15, -0.1) is 0 Å². The monoisotopic (exact) mass is 229 g/mol. The number of rotatable bonds is 1. The molecular formula is C13H15N3O. The smallest absolute Gasteiger partial charge is 0.257 e. The molecule has 1 aliphatic heterocycles. The quantitative estimate of drug-likeness (QED) is 0.748. The second-order valence-electron chi connectivity index (χ2n) is 4.55. The highest BCUT2D eigenvalue weighted by molar-refractivity contribution is 6.05. The highest BCUT2D eigenvalue weighted by Gasteiger charge is 2.22. The van der Waals surface area contributed by atoms with Crippen molar-refractivity contribution in [1.82, 2.24) is 14.5 Å². The highest BCUT2D eigenvalue weighted by atomic mass is 16.2. The number of pyridine rings is 1. The average molecular weight is 229 g/mol. The zero-order chi connectivity index (χ0) is 11.8. The number of carbonyl (C=O) groups excluding carboxylic acids is 1. The number of aryl methyl sites for hydroxylation is 1. The van der Waals surface area contributed by atoms with Crippen molar-refractivity contribution in [3.05, 3.63) is 30.2 Å². The molecule has 2 aromatic rings. The van der Waals surface area contributed by atoms with Crippen LogP contribution in [0.4, 0.5) is 0 Å². The van der Waals surface area contributed by atoms with Crippen LogP contribution in [-0.2, 0) is 7.05 Å². The van der Waals surface area contributed by atoms with E-state index >= 15 is 0 Å². The molecule has 0 spiro atoms. The maximum atomic E-state index is 12.4. The fourth-order valence-corrected chi connectivity index (χ4v) is 2.50. The lowest BCUT2D eigenvalue weighted by atomic mass is 10.2. The molecular weight excluding hydrogens is 214 g/mol. The molecule has 4 nitrogen and oxygen atoms in total. The molecule has 0 atom stereocenters. The molecule has 3 rings (SSSR count). The summed E-state index contributed by atoms with van der Waals surface area (Å²) in [4.78, 5) is 18.5. The van der Waals surface area contributed by atoms with Gasteiger partial charge in [-0.3, -0.25) is 9.78 Å². The molecule has 0 bridgehead atoms. The van der Waals surface area contributed by atoms with Gasteiger partial charge in [-0.05, 0) is 18.9 Å². The molecule has 17 heavy (non-hydrogen) atoms. The predicted octanol–water partition coefficient (Wildman–Crippen LogP) is 1.81. The van der Waals surface area contributed by atoms with Crippen LogP contribution in [0.2, 0.25) is 0 Å². The first-order chi connectivity index (χ1) is 8.27. The van der Waals surface area contributed by atoms with Gasteiger partial charge in [0.05, 0.1) is 11.1 Å². The van der Waals surface area contributed by atoms with Gasteiger partial charge in [0.1, 0.15) is 0 Å². The van der Waals surface area contributed by atoms with Crippen molar-refractivity contribution >= 4 is 16.8 Å². The third-order valence-corrected chi connectivity index (χ3v) is 3.40. The summed E-state index contributed by atoms with van der Waals surface area (Å²) in [6.07, 6.45) is 7.68. The first kappa shape index (κ1) is 10.3.